The summed E-state index contributed by atoms with van der Waals surface area (Å²) < 4.78 is 5.96. The molecule has 0 aliphatic carbocycles. The summed E-state index contributed by atoms with van der Waals surface area (Å²) >= 11 is 0. The molecule has 0 aliphatic heterocycles. The molecular formula is C17H18N2O. The number of nitrogens with zero attached hydrogens (tertiary/aromatic N) is 1. The molecular weight excluding hydrogens is 248 g/mol. The number of aromatic amines is 1. The van der Waals surface area contributed by atoms with Crippen molar-refractivity contribution >= 4 is 11.0 Å². The van der Waals surface area contributed by atoms with E-state index < -0.39 is 0 Å². The van der Waals surface area contributed by atoms with Gasteiger partial charge in [-0.15, -0.1) is 0 Å². The number of fused-ring (bicyclic) bond motifs is 1. The molecule has 3 aromatic rings. The van der Waals surface area contributed by atoms with E-state index in [0.717, 1.165) is 22.6 Å². The summed E-state index contributed by atoms with van der Waals surface area (Å²) in [7, 11) is 0. The monoisotopic (exact) mass is 266 g/mol. The highest BCUT2D eigenvalue weighted by Crippen LogP contribution is 2.23. The molecule has 0 spiro atoms. The first-order valence-corrected chi connectivity index (χ1v) is 6.82. The topological polar surface area (TPSA) is 37.9 Å². The minimum atomic E-state index is -0.108. The Hall–Kier alpha value is -2.29. The van der Waals surface area contributed by atoms with Gasteiger partial charge in [0.05, 0.1) is 11.0 Å². The minimum absolute atomic E-state index is 0.108. The second-order valence-electron chi connectivity index (χ2n) is 5.17. The van der Waals surface area contributed by atoms with E-state index in [4.69, 9.17) is 4.74 Å². The molecule has 0 radical (unpaired) electrons. The van der Waals surface area contributed by atoms with Crippen LogP contribution in [0, 0.1) is 13.8 Å². The molecule has 3 rings (SSSR count). The number of ether oxygens (including phenoxy) is 1. The van der Waals surface area contributed by atoms with Gasteiger partial charge in [0.1, 0.15) is 11.6 Å². The fraction of sp³-hybridized carbons (Fsp3) is 0.235. The van der Waals surface area contributed by atoms with Crippen LogP contribution in [0.2, 0.25) is 0 Å². The molecule has 0 amide bonds. The fourth-order valence-electron chi connectivity index (χ4n) is 2.34. The van der Waals surface area contributed by atoms with Gasteiger partial charge >= 0.3 is 0 Å². The number of benzene rings is 2. The largest absolute Gasteiger partial charge is 0.483 e. The highest BCUT2D eigenvalue weighted by Gasteiger charge is 2.13. The van der Waals surface area contributed by atoms with Crippen LogP contribution in [0.25, 0.3) is 11.0 Å². The van der Waals surface area contributed by atoms with Gasteiger partial charge in [0.2, 0.25) is 0 Å². The molecule has 0 unspecified atom stereocenters. The Morgan fingerprint density at radius 1 is 1.10 bits per heavy atom. The molecule has 1 atom stereocenters. The Morgan fingerprint density at radius 3 is 2.65 bits per heavy atom. The molecule has 1 N–H and O–H groups in total. The molecule has 1 heterocycles. The summed E-state index contributed by atoms with van der Waals surface area (Å²) in [6.07, 6.45) is -0.108. The Kier molecular flexibility index (Phi) is 3.18. The summed E-state index contributed by atoms with van der Waals surface area (Å²) in [5.41, 5.74) is 4.43. The van der Waals surface area contributed by atoms with Crippen molar-refractivity contribution in [3.8, 4) is 5.75 Å². The van der Waals surface area contributed by atoms with Crippen molar-refractivity contribution in [1.82, 2.24) is 9.97 Å². The molecule has 102 valence electrons. The predicted molar refractivity (Wildman–Crippen MR) is 81.1 cm³/mol. The number of imidazole rings is 1. The summed E-state index contributed by atoms with van der Waals surface area (Å²) in [4.78, 5) is 7.99. The Balaban J connectivity index is 1.89. The first-order chi connectivity index (χ1) is 9.63. The van der Waals surface area contributed by atoms with Gasteiger partial charge in [-0.05, 0) is 50.1 Å². The molecule has 20 heavy (non-hydrogen) atoms. The van der Waals surface area contributed by atoms with Crippen molar-refractivity contribution in [2.75, 3.05) is 0 Å². The van der Waals surface area contributed by atoms with Crippen LogP contribution in [-0.2, 0) is 0 Å². The molecule has 3 nitrogen and oxygen atoms in total. The number of hydrogen-bond acceptors (Lipinski definition) is 2. The van der Waals surface area contributed by atoms with Crippen LogP contribution >= 0.6 is 0 Å². The number of para-hydroxylation sites is 1. The van der Waals surface area contributed by atoms with Gasteiger partial charge < -0.3 is 9.72 Å². The number of H-pyrrole nitrogens is 1. The SMILES string of the molecule is Cc1cccc(O[C@H](C)c2nc3c(C)cccc3[nH]2)c1. The zero-order valence-corrected chi connectivity index (χ0v) is 12.0. The van der Waals surface area contributed by atoms with Crippen LogP contribution in [0.5, 0.6) is 5.75 Å². The number of aryl methyl sites for hydroxylation is 2. The van der Waals surface area contributed by atoms with Crippen molar-refractivity contribution in [2.24, 2.45) is 0 Å². The second-order valence-corrected chi connectivity index (χ2v) is 5.17. The minimum Gasteiger partial charge on any atom is -0.483 e. The third-order valence-corrected chi connectivity index (χ3v) is 3.42. The average Bonchev–Trinajstić information content (AvgIpc) is 2.84. The van der Waals surface area contributed by atoms with Crippen LogP contribution in [0.1, 0.15) is 30.0 Å². The highest BCUT2D eigenvalue weighted by molar-refractivity contribution is 5.78. The van der Waals surface area contributed by atoms with Gasteiger partial charge in [-0.1, -0.05) is 24.3 Å². The zero-order chi connectivity index (χ0) is 14.1. The number of aromatic nitrogens is 2. The van der Waals surface area contributed by atoms with Crippen LogP contribution in [0.15, 0.2) is 42.5 Å². The molecule has 1 aromatic heterocycles. The van der Waals surface area contributed by atoms with E-state index in [9.17, 15) is 0 Å². The van der Waals surface area contributed by atoms with E-state index >= 15 is 0 Å². The van der Waals surface area contributed by atoms with Crippen molar-refractivity contribution in [1.29, 1.82) is 0 Å². The van der Waals surface area contributed by atoms with Gasteiger partial charge in [0.15, 0.2) is 6.10 Å². The van der Waals surface area contributed by atoms with Crippen LogP contribution in [0.4, 0.5) is 0 Å². The lowest BCUT2D eigenvalue weighted by Crippen LogP contribution is -2.05. The first kappa shape index (κ1) is 12.7. The van der Waals surface area contributed by atoms with E-state index in [2.05, 4.69) is 35.9 Å². The lowest BCUT2D eigenvalue weighted by Gasteiger charge is -2.12. The fourth-order valence-corrected chi connectivity index (χ4v) is 2.34. The molecule has 2 aromatic carbocycles. The van der Waals surface area contributed by atoms with Crippen molar-refractivity contribution in [2.45, 2.75) is 26.9 Å². The standard InChI is InChI=1S/C17H18N2O/c1-11-6-4-8-14(10-11)20-13(3)17-18-15-9-5-7-12(2)16(15)19-17/h4-10,13H,1-3H3,(H,18,19)/t13-/m1/s1. The van der Waals surface area contributed by atoms with Crippen molar-refractivity contribution in [3.63, 3.8) is 0 Å². The Labute approximate surface area is 118 Å². The maximum absolute atomic E-state index is 5.96. The molecule has 3 heteroatoms. The van der Waals surface area contributed by atoms with E-state index in [1.807, 2.05) is 37.3 Å². The van der Waals surface area contributed by atoms with Crippen molar-refractivity contribution in [3.05, 3.63) is 59.4 Å². The molecule has 0 fully saturated rings. The van der Waals surface area contributed by atoms with Gasteiger partial charge in [-0.25, -0.2) is 4.98 Å². The van der Waals surface area contributed by atoms with Gasteiger partial charge in [-0.2, -0.15) is 0 Å². The normalized spacial score (nSPS) is 12.6. The summed E-state index contributed by atoms with van der Waals surface area (Å²) in [6, 6.07) is 14.2. The molecule has 0 saturated carbocycles. The zero-order valence-electron chi connectivity index (χ0n) is 12.0. The predicted octanol–water partition coefficient (Wildman–Crippen LogP) is 4.32. The number of hydrogen-bond donors (Lipinski definition) is 1. The van der Waals surface area contributed by atoms with Crippen LogP contribution in [0.3, 0.4) is 0 Å². The summed E-state index contributed by atoms with van der Waals surface area (Å²) in [5, 5.41) is 0. The molecule has 0 saturated heterocycles. The lowest BCUT2D eigenvalue weighted by molar-refractivity contribution is 0.218. The molecule has 0 aliphatic rings. The number of rotatable bonds is 3. The highest BCUT2D eigenvalue weighted by atomic mass is 16.5. The average molecular weight is 266 g/mol. The van der Waals surface area contributed by atoms with E-state index in [-0.39, 0.29) is 6.10 Å². The van der Waals surface area contributed by atoms with E-state index in [1.54, 1.807) is 0 Å². The van der Waals surface area contributed by atoms with Crippen LogP contribution < -0.4 is 4.74 Å². The van der Waals surface area contributed by atoms with Crippen molar-refractivity contribution < 1.29 is 4.74 Å². The molecule has 0 bridgehead atoms. The summed E-state index contributed by atoms with van der Waals surface area (Å²) in [5.74, 6) is 1.73. The maximum atomic E-state index is 5.96. The Morgan fingerprint density at radius 2 is 1.90 bits per heavy atom. The quantitative estimate of drug-likeness (QED) is 0.766. The first-order valence-electron chi connectivity index (χ1n) is 6.82. The third kappa shape index (κ3) is 2.39. The third-order valence-electron chi connectivity index (χ3n) is 3.42. The number of nitrogens with one attached hydrogen (secondary N) is 1. The lowest BCUT2D eigenvalue weighted by atomic mass is 10.2. The van der Waals surface area contributed by atoms with E-state index in [0.29, 0.717) is 0 Å². The second kappa shape index (κ2) is 5.00. The Bertz CT molecular complexity index is 746. The van der Waals surface area contributed by atoms with Gasteiger partial charge in [0, 0.05) is 0 Å². The summed E-state index contributed by atoms with van der Waals surface area (Å²) in [6.45, 7) is 6.14. The van der Waals surface area contributed by atoms with E-state index in [1.165, 1.54) is 11.1 Å². The van der Waals surface area contributed by atoms with Gasteiger partial charge in [-0.3, -0.25) is 0 Å². The maximum Gasteiger partial charge on any atom is 0.153 e. The smallest absolute Gasteiger partial charge is 0.153 e. The van der Waals surface area contributed by atoms with Gasteiger partial charge in [0.25, 0.3) is 0 Å². The van der Waals surface area contributed by atoms with Crippen LogP contribution in [-0.4, -0.2) is 9.97 Å².